The number of nitrogens with zero attached hydrogens (tertiary/aromatic N) is 2. The molecule has 0 atom stereocenters. The van der Waals surface area contributed by atoms with E-state index in [4.69, 9.17) is 0 Å². The first-order chi connectivity index (χ1) is 8.18. The smallest absolute Gasteiger partial charge is 0.312 e. The van der Waals surface area contributed by atoms with Gasteiger partial charge in [0.2, 0.25) is 0 Å². The van der Waals surface area contributed by atoms with Gasteiger partial charge in [-0.25, -0.2) is 0 Å². The molecule has 17 heavy (non-hydrogen) atoms. The Labute approximate surface area is 102 Å². The van der Waals surface area contributed by atoms with E-state index >= 15 is 0 Å². The van der Waals surface area contributed by atoms with Gasteiger partial charge in [0.25, 0.3) is 0 Å². The zero-order chi connectivity index (χ0) is 12.3. The van der Waals surface area contributed by atoms with Gasteiger partial charge in [0.15, 0.2) is 0 Å². The predicted molar refractivity (Wildman–Crippen MR) is 65.4 cm³/mol. The molecule has 2 rings (SSSR count). The van der Waals surface area contributed by atoms with Gasteiger partial charge in [-0.1, -0.05) is 11.6 Å². The highest BCUT2D eigenvalue weighted by molar-refractivity contribution is 6.35. The minimum atomic E-state index is -0.367. The van der Waals surface area contributed by atoms with Crippen LogP contribution in [0.5, 0.6) is 0 Å². The molecule has 0 unspecified atom stereocenters. The normalized spacial score (nSPS) is 21.8. The molecule has 4 heteroatoms. The van der Waals surface area contributed by atoms with Gasteiger partial charge < -0.3 is 9.80 Å². The number of amides is 2. The maximum Gasteiger partial charge on any atom is 0.312 e. The highest BCUT2D eigenvalue weighted by Gasteiger charge is 2.29. The van der Waals surface area contributed by atoms with E-state index in [1.807, 2.05) is 0 Å². The fraction of sp³-hybridized carbons (Fsp3) is 0.692. The van der Waals surface area contributed by atoms with Crippen molar-refractivity contribution >= 4 is 11.8 Å². The lowest BCUT2D eigenvalue weighted by Gasteiger charge is -2.31. The first-order valence-electron chi connectivity index (χ1n) is 6.41. The second kappa shape index (κ2) is 5.34. The van der Waals surface area contributed by atoms with Crippen molar-refractivity contribution in [3.8, 4) is 0 Å². The van der Waals surface area contributed by atoms with Crippen LogP contribution in [0, 0.1) is 0 Å². The van der Waals surface area contributed by atoms with E-state index in [1.54, 1.807) is 11.9 Å². The van der Waals surface area contributed by atoms with Crippen LogP contribution in [0.1, 0.15) is 32.1 Å². The van der Waals surface area contributed by atoms with Crippen LogP contribution in [-0.2, 0) is 9.59 Å². The van der Waals surface area contributed by atoms with Crippen molar-refractivity contribution in [3.05, 3.63) is 11.6 Å². The molecule has 1 fully saturated rings. The fourth-order valence-electron chi connectivity index (χ4n) is 2.40. The van der Waals surface area contributed by atoms with Gasteiger partial charge in [-0.2, -0.15) is 0 Å². The van der Waals surface area contributed by atoms with Crippen LogP contribution in [0.3, 0.4) is 0 Å². The van der Waals surface area contributed by atoms with Gasteiger partial charge in [0.05, 0.1) is 0 Å². The zero-order valence-electron chi connectivity index (χ0n) is 10.4. The topological polar surface area (TPSA) is 40.6 Å². The first kappa shape index (κ1) is 12.1. The molecule has 0 N–H and O–H groups in total. The minimum absolute atomic E-state index is 0.338. The molecule has 1 saturated heterocycles. The van der Waals surface area contributed by atoms with E-state index in [-0.39, 0.29) is 11.8 Å². The maximum absolute atomic E-state index is 11.7. The molecule has 0 aromatic rings. The summed E-state index contributed by atoms with van der Waals surface area (Å²) in [6.45, 7) is 2.03. The average Bonchev–Trinajstić information content (AvgIpc) is 2.36. The summed E-state index contributed by atoms with van der Waals surface area (Å²) < 4.78 is 0. The molecule has 0 saturated carbocycles. The molecule has 4 nitrogen and oxygen atoms in total. The third-order valence-electron chi connectivity index (χ3n) is 3.61. The highest BCUT2D eigenvalue weighted by Crippen LogP contribution is 2.20. The fourth-order valence-corrected chi connectivity index (χ4v) is 2.40. The van der Waals surface area contributed by atoms with Crippen LogP contribution in [0.4, 0.5) is 0 Å². The van der Waals surface area contributed by atoms with Crippen molar-refractivity contribution in [2.45, 2.75) is 32.1 Å². The van der Waals surface area contributed by atoms with E-state index in [1.165, 1.54) is 29.7 Å². The SMILES string of the molecule is CN1CCN(CCC2=CCCCC2)C(=O)C1=O. The van der Waals surface area contributed by atoms with Crippen molar-refractivity contribution in [2.75, 3.05) is 26.7 Å². The van der Waals surface area contributed by atoms with Crippen molar-refractivity contribution in [3.63, 3.8) is 0 Å². The number of carbonyl (C=O) groups is 2. The van der Waals surface area contributed by atoms with E-state index in [2.05, 4.69) is 6.08 Å². The molecular formula is C13H20N2O2. The molecule has 1 heterocycles. The molecule has 2 amide bonds. The first-order valence-corrected chi connectivity index (χ1v) is 6.41. The lowest BCUT2D eigenvalue weighted by Crippen LogP contribution is -2.52. The van der Waals surface area contributed by atoms with Crippen molar-refractivity contribution < 1.29 is 9.59 Å². The summed E-state index contributed by atoms with van der Waals surface area (Å²) >= 11 is 0. The molecule has 1 aliphatic heterocycles. The second-order valence-corrected chi connectivity index (χ2v) is 4.88. The van der Waals surface area contributed by atoms with Crippen LogP contribution in [0.2, 0.25) is 0 Å². The summed E-state index contributed by atoms with van der Waals surface area (Å²) in [6, 6.07) is 0. The molecule has 0 aromatic heterocycles. The van der Waals surface area contributed by atoms with Gasteiger partial charge >= 0.3 is 11.8 Å². The highest BCUT2D eigenvalue weighted by atomic mass is 16.2. The molecule has 0 aromatic carbocycles. The molecule has 2 aliphatic rings. The van der Waals surface area contributed by atoms with Gasteiger partial charge in [-0.15, -0.1) is 0 Å². The summed E-state index contributed by atoms with van der Waals surface area (Å²) in [7, 11) is 1.68. The number of piperazine rings is 1. The number of likely N-dealkylation sites (N-methyl/N-ethyl adjacent to an activating group) is 1. The zero-order valence-corrected chi connectivity index (χ0v) is 10.4. The summed E-state index contributed by atoms with van der Waals surface area (Å²) in [5, 5.41) is 0. The monoisotopic (exact) mass is 236 g/mol. The van der Waals surface area contributed by atoms with E-state index in [0.717, 1.165) is 12.8 Å². The molecule has 0 bridgehead atoms. The minimum Gasteiger partial charge on any atom is -0.336 e. The number of carbonyl (C=O) groups excluding carboxylic acids is 2. The van der Waals surface area contributed by atoms with Gasteiger partial charge in [-0.05, 0) is 32.1 Å². The van der Waals surface area contributed by atoms with Gasteiger partial charge in [-0.3, -0.25) is 9.59 Å². The quantitative estimate of drug-likeness (QED) is 0.545. The van der Waals surface area contributed by atoms with Crippen molar-refractivity contribution in [1.82, 2.24) is 9.80 Å². The Morgan fingerprint density at radius 3 is 2.71 bits per heavy atom. The van der Waals surface area contributed by atoms with Crippen LogP contribution < -0.4 is 0 Å². The van der Waals surface area contributed by atoms with Crippen LogP contribution in [0.25, 0.3) is 0 Å². The molecule has 1 aliphatic carbocycles. The third-order valence-corrected chi connectivity index (χ3v) is 3.61. The lowest BCUT2D eigenvalue weighted by atomic mass is 9.97. The van der Waals surface area contributed by atoms with Gasteiger partial charge in [0.1, 0.15) is 0 Å². The van der Waals surface area contributed by atoms with Crippen LogP contribution in [0.15, 0.2) is 11.6 Å². The van der Waals surface area contributed by atoms with E-state index in [0.29, 0.717) is 19.6 Å². The van der Waals surface area contributed by atoms with Crippen LogP contribution >= 0.6 is 0 Å². The maximum atomic E-state index is 11.7. The summed E-state index contributed by atoms with van der Waals surface area (Å²) in [5.41, 5.74) is 1.45. The Bertz CT molecular complexity index is 349. The van der Waals surface area contributed by atoms with Crippen LogP contribution in [-0.4, -0.2) is 48.3 Å². The summed E-state index contributed by atoms with van der Waals surface area (Å²) in [6.07, 6.45) is 8.12. The summed E-state index contributed by atoms with van der Waals surface area (Å²) in [4.78, 5) is 26.4. The lowest BCUT2D eigenvalue weighted by molar-refractivity contribution is -0.154. The largest absolute Gasteiger partial charge is 0.336 e. The average molecular weight is 236 g/mol. The molecular weight excluding hydrogens is 216 g/mol. The standard InChI is InChI=1S/C13H20N2O2/c1-14-9-10-15(13(17)12(14)16)8-7-11-5-3-2-4-6-11/h5H,2-4,6-10H2,1H3. The number of allylic oxidation sites excluding steroid dienone is 1. The molecule has 0 spiro atoms. The van der Waals surface area contributed by atoms with Crippen molar-refractivity contribution in [2.24, 2.45) is 0 Å². The number of hydrogen-bond acceptors (Lipinski definition) is 2. The Morgan fingerprint density at radius 2 is 2.00 bits per heavy atom. The predicted octanol–water partition coefficient (Wildman–Crippen LogP) is 1.18. The Balaban J connectivity index is 1.85. The second-order valence-electron chi connectivity index (χ2n) is 4.88. The van der Waals surface area contributed by atoms with Gasteiger partial charge in [0, 0.05) is 26.7 Å². The Kier molecular flexibility index (Phi) is 3.82. The van der Waals surface area contributed by atoms with Crippen molar-refractivity contribution in [1.29, 1.82) is 0 Å². The number of hydrogen-bond donors (Lipinski definition) is 0. The Hall–Kier alpha value is -1.32. The Morgan fingerprint density at radius 1 is 1.18 bits per heavy atom. The molecule has 94 valence electrons. The third kappa shape index (κ3) is 2.87. The van der Waals surface area contributed by atoms with E-state index < -0.39 is 0 Å². The summed E-state index contributed by atoms with van der Waals surface area (Å²) in [5.74, 6) is -0.705. The number of rotatable bonds is 3. The molecule has 0 radical (unpaired) electrons. The van der Waals surface area contributed by atoms with E-state index in [9.17, 15) is 9.59 Å².